The molecule has 1 rings (SSSR count). The van der Waals surface area contributed by atoms with Crippen molar-refractivity contribution in [1.82, 2.24) is 5.32 Å². The van der Waals surface area contributed by atoms with Gasteiger partial charge in [0.15, 0.2) is 6.10 Å². The van der Waals surface area contributed by atoms with Crippen LogP contribution in [0.1, 0.15) is 31.0 Å². The minimum absolute atomic E-state index is 0.0240. The van der Waals surface area contributed by atoms with Crippen LogP contribution < -0.4 is 15.8 Å². The first-order chi connectivity index (χ1) is 8.95. The number of terminal acetylenes is 1. The maximum atomic E-state index is 11.6. The summed E-state index contributed by atoms with van der Waals surface area (Å²) in [4.78, 5) is 11.6. The molecule has 3 N–H and O–H groups in total. The number of hydrogen-bond donors (Lipinski definition) is 2. The van der Waals surface area contributed by atoms with E-state index >= 15 is 0 Å². The number of nitrogens with two attached hydrogens (primary N) is 1. The van der Waals surface area contributed by atoms with Crippen molar-refractivity contribution in [2.75, 3.05) is 6.54 Å². The molecule has 1 unspecified atom stereocenters. The Bertz CT molecular complexity index is 489. The van der Waals surface area contributed by atoms with E-state index in [9.17, 15) is 4.79 Å². The molecule has 4 heteroatoms. The average molecular weight is 260 g/mol. The summed E-state index contributed by atoms with van der Waals surface area (Å²) in [5, 5.41) is 2.58. The van der Waals surface area contributed by atoms with E-state index in [0.717, 1.165) is 11.1 Å². The van der Waals surface area contributed by atoms with Gasteiger partial charge < -0.3 is 15.8 Å². The van der Waals surface area contributed by atoms with Gasteiger partial charge in [0.2, 0.25) is 0 Å². The Hall–Kier alpha value is -1.99. The predicted octanol–water partition coefficient (Wildman–Crippen LogP) is 1.53. The van der Waals surface area contributed by atoms with E-state index in [4.69, 9.17) is 16.9 Å². The molecular formula is C15H20N2O2. The van der Waals surface area contributed by atoms with Crippen LogP contribution in [0.5, 0.6) is 5.75 Å². The summed E-state index contributed by atoms with van der Waals surface area (Å²) >= 11 is 0. The van der Waals surface area contributed by atoms with Crippen LogP contribution in [0.25, 0.3) is 0 Å². The van der Waals surface area contributed by atoms with Gasteiger partial charge in [0.25, 0.3) is 5.91 Å². The number of hydrogen-bond acceptors (Lipinski definition) is 3. The van der Waals surface area contributed by atoms with Crippen LogP contribution in [0.3, 0.4) is 0 Å². The van der Waals surface area contributed by atoms with Gasteiger partial charge in [-0.2, -0.15) is 0 Å². The predicted molar refractivity (Wildman–Crippen MR) is 75.7 cm³/mol. The second-order valence-corrected chi connectivity index (χ2v) is 4.50. The third-order valence-corrected chi connectivity index (χ3v) is 2.76. The summed E-state index contributed by atoms with van der Waals surface area (Å²) in [6, 6.07) is 5.67. The van der Waals surface area contributed by atoms with Gasteiger partial charge in [-0.25, -0.2) is 0 Å². The summed E-state index contributed by atoms with van der Waals surface area (Å²) in [6.45, 7) is 5.73. The quantitative estimate of drug-likeness (QED) is 0.789. The summed E-state index contributed by atoms with van der Waals surface area (Å²) in [7, 11) is 0. The van der Waals surface area contributed by atoms with Crippen molar-refractivity contribution in [2.24, 2.45) is 5.73 Å². The van der Waals surface area contributed by atoms with Crippen molar-refractivity contribution < 1.29 is 9.53 Å². The highest BCUT2D eigenvalue weighted by Crippen LogP contribution is 2.22. The van der Waals surface area contributed by atoms with Gasteiger partial charge >= 0.3 is 0 Å². The lowest BCUT2D eigenvalue weighted by Crippen LogP contribution is -2.36. The molecule has 4 nitrogen and oxygen atoms in total. The average Bonchev–Trinajstić information content (AvgIpc) is 2.37. The molecule has 0 aliphatic carbocycles. The molecular weight excluding hydrogens is 240 g/mol. The highest BCUT2D eigenvalue weighted by atomic mass is 16.5. The Labute approximate surface area is 114 Å². The number of carbonyl (C=O) groups is 1. The van der Waals surface area contributed by atoms with Crippen molar-refractivity contribution in [1.29, 1.82) is 0 Å². The first-order valence-electron chi connectivity index (χ1n) is 6.19. The molecule has 102 valence electrons. The van der Waals surface area contributed by atoms with Crippen molar-refractivity contribution in [3.8, 4) is 18.1 Å². The normalized spacial score (nSPS) is 13.2. The Morgan fingerprint density at radius 2 is 2.21 bits per heavy atom. The Balaban J connectivity index is 2.72. The molecule has 0 spiro atoms. The number of nitrogens with one attached hydrogen (secondary N) is 1. The minimum atomic E-state index is -0.590. The molecule has 0 heterocycles. The van der Waals surface area contributed by atoms with E-state index in [1.165, 1.54) is 0 Å². The zero-order chi connectivity index (χ0) is 14.4. The van der Waals surface area contributed by atoms with Crippen molar-refractivity contribution >= 4 is 5.91 Å². The number of benzene rings is 1. The number of carbonyl (C=O) groups excluding carboxylic acids is 1. The molecule has 0 aromatic heterocycles. The standard InChI is InChI=1S/C15H20N2O2/c1-5-8-17-15(18)12(4)19-14-7-6-13(11(3)16)9-10(14)2/h1,6-7,9,11-12H,8,16H2,2-4H3,(H,17,18)/t11-,12?/m0/s1. The zero-order valence-electron chi connectivity index (χ0n) is 11.6. The Morgan fingerprint density at radius 1 is 1.53 bits per heavy atom. The lowest BCUT2D eigenvalue weighted by molar-refractivity contribution is -0.127. The fourth-order valence-corrected chi connectivity index (χ4v) is 1.61. The molecule has 0 saturated carbocycles. The summed E-state index contributed by atoms with van der Waals surface area (Å²) in [6.07, 6.45) is 4.49. The van der Waals surface area contributed by atoms with Gasteiger partial charge in [-0.1, -0.05) is 18.1 Å². The monoisotopic (exact) mass is 260 g/mol. The van der Waals surface area contributed by atoms with Gasteiger partial charge in [0.05, 0.1) is 6.54 Å². The topological polar surface area (TPSA) is 64.3 Å². The molecule has 0 aliphatic rings. The second-order valence-electron chi connectivity index (χ2n) is 4.50. The Kier molecular flexibility index (Phi) is 5.40. The number of ether oxygens (including phenoxy) is 1. The fourth-order valence-electron chi connectivity index (χ4n) is 1.61. The van der Waals surface area contributed by atoms with Gasteiger partial charge in [0.1, 0.15) is 5.75 Å². The van der Waals surface area contributed by atoms with Gasteiger partial charge in [-0.15, -0.1) is 6.42 Å². The molecule has 1 aromatic carbocycles. The third-order valence-electron chi connectivity index (χ3n) is 2.76. The molecule has 2 atom stereocenters. The molecule has 0 fully saturated rings. The SMILES string of the molecule is C#CCNC(=O)C(C)Oc1ccc([C@H](C)N)cc1C. The van der Waals surface area contributed by atoms with E-state index in [-0.39, 0.29) is 18.5 Å². The lowest BCUT2D eigenvalue weighted by atomic mass is 10.1. The summed E-state index contributed by atoms with van der Waals surface area (Å²) in [5.41, 5.74) is 7.80. The molecule has 0 bridgehead atoms. The second kappa shape index (κ2) is 6.81. The van der Waals surface area contributed by atoms with E-state index in [0.29, 0.717) is 5.75 Å². The number of aryl methyl sites for hydroxylation is 1. The van der Waals surface area contributed by atoms with Crippen LogP contribution in [0.2, 0.25) is 0 Å². The van der Waals surface area contributed by atoms with E-state index < -0.39 is 6.10 Å². The van der Waals surface area contributed by atoms with Gasteiger partial charge in [-0.05, 0) is 38.0 Å². The maximum Gasteiger partial charge on any atom is 0.261 e. The zero-order valence-corrected chi connectivity index (χ0v) is 11.6. The van der Waals surface area contributed by atoms with Crippen LogP contribution in [-0.4, -0.2) is 18.6 Å². The first-order valence-corrected chi connectivity index (χ1v) is 6.19. The molecule has 0 saturated heterocycles. The van der Waals surface area contributed by atoms with Gasteiger partial charge in [-0.3, -0.25) is 4.79 Å². The fraction of sp³-hybridized carbons (Fsp3) is 0.400. The van der Waals surface area contributed by atoms with Crippen molar-refractivity contribution in [3.63, 3.8) is 0 Å². The smallest absolute Gasteiger partial charge is 0.261 e. The number of rotatable bonds is 5. The highest BCUT2D eigenvalue weighted by Gasteiger charge is 2.15. The van der Waals surface area contributed by atoms with E-state index in [1.54, 1.807) is 6.92 Å². The maximum absolute atomic E-state index is 11.6. The van der Waals surface area contributed by atoms with Crippen molar-refractivity contribution in [2.45, 2.75) is 32.9 Å². The first kappa shape index (κ1) is 15.1. The summed E-state index contributed by atoms with van der Waals surface area (Å²) < 4.78 is 5.62. The Morgan fingerprint density at radius 3 is 2.74 bits per heavy atom. The van der Waals surface area contributed by atoms with Crippen LogP contribution in [-0.2, 0) is 4.79 Å². The highest BCUT2D eigenvalue weighted by molar-refractivity contribution is 5.80. The van der Waals surface area contributed by atoms with E-state index in [1.807, 2.05) is 32.0 Å². The van der Waals surface area contributed by atoms with Gasteiger partial charge in [0, 0.05) is 6.04 Å². The largest absolute Gasteiger partial charge is 0.481 e. The molecule has 19 heavy (non-hydrogen) atoms. The number of amides is 1. The van der Waals surface area contributed by atoms with Crippen LogP contribution in [0.4, 0.5) is 0 Å². The van der Waals surface area contributed by atoms with Crippen LogP contribution >= 0.6 is 0 Å². The van der Waals surface area contributed by atoms with E-state index in [2.05, 4.69) is 11.2 Å². The van der Waals surface area contributed by atoms with Crippen molar-refractivity contribution in [3.05, 3.63) is 29.3 Å². The summed E-state index contributed by atoms with van der Waals surface area (Å²) in [5.74, 6) is 2.79. The molecule has 1 aromatic rings. The lowest BCUT2D eigenvalue weighted by Gasteiger charge is -2.17. The van der Waals surface area contributed by atoms with Crippen LogP contribution in [0, 0.1) is 19.3 Å². The minimum Gasteiger partial charge on any atom is -0.481 e. The van der Waals surface area contributed by atoms with Crippen LogP contribution in [0.15, 0.2) is 18.2 Å². The molecule has 0 aliphatic heterocycles. The molecule has 1 amide bonds. The molecule has 0 radical (unpaired) electrons. The third kappa shape index (κ3) is 4.31.